The Bertz CT molecular complexity index is 1010. The number of aromatic nitrogens is 2. The number of Topliss-reactive ketones (excluding diaryl/α,β-unsaturated/α-hetero) is 1. The van der Waals surface area contributed by atoms with E-state index in [0.29, 0.717) is 30.1 Å². The maximum Gasteiger partial charge on any atom is 0.309 e. The molecule has 0 unspecified atom stereocenters. The lowest BCUT2D eigenvalue weighted by atomic mass is 9.98. The molecule has 1 aromatic heterocycles. The highest BCUT2D eigenvalue weighted by atomic mass is 32.2. The van der Waals surface area contributed by atoms with Gasteiger partial charge in [0.05, 0.1) is 24.0 Å². The van der Waals surface area contributed by atoms with E-state index >= 15 is 0 Å². The lowest BCUT2D eigenvalue weighted by Crippen LogP contribution is -2.40. The molecule has 1 N–H and O–H groups in total. The number of hydrogen-bond acceptors (Lipinski definition) is 9. The van der Waals surface area contributed by atoms with Crippen molar-refractivity contribution < 1.29 is 22.7 Å². The maximum absolute atomic E-state index is 13.0. The van der Waals surface area contributed by atoms with Crippen LogP contribution in [0.3, 0.4) is 0 Å². The fourth-order valence-corrected chi connectivity index (χ4v) is 5.30. The van der Waals surface area contributed by atoms with Crippen molar-refractivity contribution >= 4 is 38.2 Å². The van der Waals surface area contributed by atoms with Gasteiger partial charge in [0, 0.05) is 18.7 Å². The van der Waals surface area contributed by atoms with Crippen LogP contribution in [0.15, 0.2) is 29.2 Å². The minimum atomic E-state index is -3.75. The van der Waals surface area contributed by atoms with Crippen LogP contribution < -0.4 is 5.32 Å². The fourth-order valence-electron chi connectivity index (χ4n) is 3.20. The molecule has 1 fully saturated rings. The molecular weight excluding hydrogens is 428 g/mol. The number of esters is 1. The molecule has 0 bridgehead atoms. The Labute approximate surface area is 179 Å². The molecule has 3 rings (SSSR count). The van der Waals surface area contributed by atoms with Gasteiger partial charge in [-0.15, -0.1) is 10.2 Å². The first-order chi connectivity index (χ1) is 14.3. The van der Waals surface area contributed by atoms with Crippen LogP contribution >= 0.6 is 11.3 Å². The molecule has 1 aliphatic rings. The molecule has 1 aliphatic heterocycles. The third-order valence-corrected chi connectivity index (χ3v) is 7.48. The topological polar surface area (TPSA) is 119 Å². The van der Waals surface area contributed by atoms with Crippen molar-refractivity contribution in [1.82, 2.24) is 14.5 Å². The predicted molar refractivity (Wildman–Crippen MR) is 112 cm³/mol. The number of sulfonamides is 1. The summed E-state index contributed by atoms with van der Waals surface area (Å²) in [6.07, 6.45) is 0.837. The Kier molecular flexibility index (Phi) is 7.16. The monoisotopic (exact) mass is 452 g/mol. The molecule has 1 saturated heterocycles. The number of carbonyl (C=O) groups is 2. The highest BCUT2D eigenvalue weighted by Crippen LogP contribution is 2.25. The van der Waals surface area contributed by atoms with E-state index in [2.05, 4.69) is 15.5 Å². The zero-order valence-corrected chi connectivity index (χ0v) is 18.5. The fraction of sp³-hybridized carbons (Fsp3) is 0.474. The summed E-state index contributed by atoms with van der Waals surface area (Å²) in [5.74, 6) is -0.805. The number of piperidine rings is 1. The van der Waals surface area contributed by atoms with E-state index in [0.717, 1.165) is 5.01 Å². The highest BCUT2D eigenvalue weighted by Gasteiger charge is 2.33. The summed E-state index contributed by atoms with van der Waals surface area (Å²) < 4.78 is 32.4. The van der Waals surface area contributed by atoms with E-state index in [-0.39, 0.29) is 42.2 Å². The summed E-state index contributed by atoms with van der Waals surface area (Å²) in [5.41, 5.74) is 0.297. The van der Waals surface area contributed by atoms with Crippen LogP contribution in [-0.2, 0) is 19.6 Å². The van der Waals surface area contributed by atoms with Gasteiger partial charge in [-0.05, 0) is 38.8 Å². The molecule has 30 heavy (non-hydrogen) atoms. The molecule has 2 heterocycles. The van der Waals surface area contributed by atoms with Gasteiger partial charge in [-0.25, -0.2) is 8.42 Å². The molecule has 0 amide bonds. The normalized spacial score (nSPS) is 15.7. The molecular formula is C19H24N4O5S2. The second-order valence-electron chi connectivity index (χ2n) is 6.86. The van der Waals surface area contributed by atoms with Crippen molar-refractivity contribution in [1.29, 1.82) is 0 Å². The number of ketones is 1. The van der Waals surface area contributed by atoms with Crippen LogP contribution in [0.25, 0.3) is 0 Å². The van der Waals surface area contributed by atoms with E-state index in [9.17, 15) is 18.0 Å². The van der Waals surface area contributed by atoms with E-state index in [4.69, 9.17) is 4.74 Å². The molecule has 0 radical (unpaired) electrons. The summed E-state index contributed by atoms with van der Waals surface area (Å²) in [7, 11) is -3.75. The number of aryl methyl sites for hydroxylation is 1. The molecule has 0 saturated carbocycles. The second kappa shape index (κ2) is 9.63. The Morgan fingerprint density at radius 1 is 1.27 bits per heavy atom. The van der Waals surface area contributed by atoms with Crippen LogP contribution in [0.5, 0.6) is 0 Å². The van der Waals surface area contributed by atoms with Crippen molar-refractivity contribution in [3.8, 4) is 0 Å². The Morgan fingerprint density at radius 3 is 2.63 bits per heavy atom. The summed E-state index contributed by atoms with van der Waals surface area (Å²) in [5, 5.41) is 12.0. The van der Waals surface area contributed by atoms with Crippen LogP contribution in [0.4, 0.5) is 5.13 Å². The van der Waals surface area contributed by atoms with Crippen LogP contribution in [-0.4, -0.2) is 60.9 Å². The number of hydrogen-bond donors (Lipinski definition) is 1. The van der Waals surface area contributed by atoms with Gasteiger partial charge in [0.25, 0.3) is 0 Å². The maximum atomic E-state index is 13.0. The van der Waals surface area contributed by atoms with Gasteiger partial charge in [-0.2, -0.15) is 4.31 Å². The number of carbonyl (C=O) groups excluding carboxylic acids is 2. The lowest BCUT2D eigenvalue weighted by Gasteiger charge is -2.30. The molecule has 9 nitrogen and oxygen atoms in total. The molecule has 2 aromatic rings. The first-order valence-electron chi connectivity index (χ1n) is 9.65. The zero-order chi connectivity index (χ0) is 21.7. The molecule has 11 heteroatoms. The van der Waals surface area contributed by atoms with Gasteiger partial charge < -0.3 is 10.1 Å². The summed E-state index contributed by atoms with van der Waals surface area (Å²) in [6.45, 7) is 4.34. The van der Waals surface area contributed by atoms with Crippen LogP contribution in [0.1, 0.15) is 35.1 Å². The molecule has 0 atom stereocenters. The number of nitrogens with zero attached hydrogens (tertiary/aromatic N) is 3. The predicted octanol–water partition coefficient (Wildman–Crippen LogP) is 2.11. The van der Waals surface area contributed by atoms with Gasteiger partial charge >= 0.3 is 5.97 Å². The van der Waals surface area contributed by atoms with Crippen molar-refractivity contribution in [2.45, 2.75) is 31.6 Å². The third kappa shape index (κ3) is 5.21. The van der Waals surface area contributed by atoms with Crippen molar-refractivity contribution in [2.24, 2.45) is 5.92 Å². The molecule has 162 valence electrons. The van der Waals surface area contributed by atoms with Gasteiger partial charge in [-0.3, -0.25) is 9.59 Å². The quantitative estimate of drug-likeness (QED) is 0.478. The highest BCUT2D eigenvalue weighted by molar-refractivity contribution is 7.89. The van der Waals surface area contributed by atoms with Crippen molar-refractivity contribution in [3.63, 3.8) is 0 Å². The van der Waals surface area contributed by atoms with Gasteiger partial charge in [0.1, 0.15) is 5.01 Å². The first-order valence-corrected chi connectivity index (χ1v) is 11.9. The van der Waals surface area contributed by atoms with Gasteiger partial charge in [0.15, 0.2) is 5.78 Å². The summed E-state index contributed by atoms with van der Waals surface area (Å²) in [4.78, 5) is 24.4. The Hall–Kier alpha value is -2.37. The Balaban J connectivity index is 1.65. The number of nitrogens with one attached hydrogen (secondary N) is 1. The standard InChI is InChI=1S/C19H24N4O5S2/c1-3-28-18(25)14-7-9-23(10-8-14)30(26,27)16-6-4-5-15(11-16)17(24)12-20-19-22-21-13(2)29-19/h4-6,11,14H,3,7-10,12H2,1-2H3,(H,20,22). The number of rotatable bonds is 8. The number of benzene rings is 1. The minimum Gasteiger partial charge on any atom is -0.466 e. The second-order valence-corrected chi connectivity index (χ2v) is 9.98. The summed E-state index contributed by atoms with van der Waals surface area (Å²) in [6, 6.07) is 6.01. The molecule has 0 spiro atoms. The molecule has 0 aliphatic carbocycles. The van der Waals surface area contributed by atoms with E-state index in [1.165, 1.54) is 27.8 Å². The number of anilines is 1. The zero-order valence-electron chi connectivity index (χ0n) is 16.8. The van der Waals surface area contributed by atoms with Crippen LogP contribution in [0.2, 0.25) is 0 Å². The lowest BCUT2D eigenvalue weighted by molar-refractivity contribution is -0.149. The van der Waals surface area contributed by atoms with E-state index < -0.39 is 10.0 Å². The first kappa shape index (κ1) is 22.3. The third-order valence-electron chi connectivity index (χ3n) is 4.79. The molecule has 1 aromatic carbocycles. The largest absolute Gasteiger partial charge is 0.466 e. The summed E-state index contributed by atoms with van der Waals surface area (Å²) >= 11 is 1.34. The van der Waals surface area contributed by atoms with E-state index in [1.807, 2.05) is 6.92 Å². The van der Waals surface area contributed by atoms with Crippen molar-refractivity contribution in [3.05, 3.63) is 34.8 Å². The van der Waals surface area contributed by atoms with Gasteiger partial charge in [0.2, 0.25) is 15.2 Å². The van der Waals surface area contributed by atoms with Gasteiger partial charge in [-0.1, -0.05) is 23.5 Å². The van der Waals surface area contributed by atoms with E-state index in [1.54, 1.807) is 19.1 Å². The SMILES string of the molecule is CCOC(=O)C1CCN(S(=O)(=O)c2cccc(C(=O)CNc3nnc(C)s3)c2)CC1. The number of ether oxygens (including phenoxy) is 1. The Morgan fingerprint density at radius 2 is 2.00 bits per heavy atom. The average molecular weight is 453 g/mol. The van der Waals surface area contributed by atoms with Crippen molar-refractivity contribution in [2.75, 3.05) is 31.6 Å². The van der Waals surface area contributed by atoms with Crippen LogP contribution in [0, 0.1) is 12.8 Å². The average Bonchev–Trinajstić information content (AvgIpc) is 3.17. The smallest absolute Gasteiger partial charge is 0.309 e. The minimum absolute atomic E-state index is 0.0108.